The van der Waals surface area contributed by atoms with E-state index in [9.17, 15) is 43.5 Å². The molecule has 0 spiro atoms. The molecule has 0 saturated carbocycles. The van der Waals surface area contributed by atoms with Crippen LogP contribution in [0.2, 0.25) is 0 Å². The van der Waals surface area contributed by atoms with Crippen molar-refractivity contribution < 1.29 is 75.8 Å². The molecule has 16 nitrogen and oxygen atoms in total. The Morgan fingerprint density at radius 3 is 0.835 bits per heavy atom. The maximum atomic E-state index is 12.9. The Hall–Kier alpha value is -3.53. The molecule has 0 aromatic rings. The van der Waals surface area contributed by atoms with Gasteiger partial charge in [-0.15, -0.1) is 0 Å². The fourth-order valence-corrected chi connectivity index (χ4v) is 11.9. The average Bonchev–Trinajstić information content (AvgIpc) is 1.85. The van der Waals surface area contributed by atoms with Crippen LogP contribution in [0.15, 0.2) is 97.2 Å². The number of aliphatic hydroxyl groups excluding tert-OH is 2. The molecule has 4 N–H and O–H groups in total. The predicted molar refractivity (Wildman–Crippen MR) is 399 cm³/mol. The van der Waals surface area contributed by atoms with Gasteiger partial charge in [0.2, 0.25) is 0 Å². The summed E-state index contributed by atoms with van der Waals surface area (Å²) in [6.07, 6.45) is 81.7. The van der Waals surface area contributed by atoms with Gasteiger partial charge in [0.05, 0.1) is 26.4 Å². The molecule has 0 aromatic carbocycles. The summed E-state index contributed by atoms with van der Waals surface area (Å²) in [4.78, 5) is 58.5. The maximum Gasteiger partial charge on any atom is 0.472 e. The highest BCUT2D eigenvalue weighted by atomic mass is 31.2. The van der Waals surface area contributed by atoms with Crippen LogP contribution in [0.25, 0.3) is 0 Å². The van der Waals surface area contributed by atoms with E-state index in [0.29, 0.717) is 19.3 Å². The number of hydrogen-bond acceptors (Lipinski definition) is 14. The number of esters is 3. The lowest BCUT2D eigenvalue weighted by atomic mass is 10.1. The van der Waals surface area contributed by atoms with Gasteiger partial charge in [0.15, 0.2) is 6.10 Å². The molecule has 5 atom stereocenters. The van der Waals surface area contributed by atoms with Crippen LogP contribution in [-0.2, 0) is 55.8 Å². The smallest absolute Gasteiger partial charge is 0.463 e. The highest BCUT2D eigenvalue weighted by Gasteiger charge is 2.29. The van der Waals surface area contributed by atoms with Crippen molar-refractivity contribution in [2.24, 2.45) is 0 Å². The summed E-state index contributed by atoms with van der Waals surface area (Å²) in [7, 11) is -9.78. The van der Waals surface area contributed by atoms with E-state index in [4.69, 9.17) is 32.3 Å². The quantitative estimate of drug-likeness (QED) is 0.0146. The van der Waals surface area contributed by atoms with Gasteiger partial charge in [-0.3, -0.25) is 32.5 Å². The van der Waals surface area contributed by atoms with Gasteiger partial charge in [0.25, 0.3) is 0 Å². The summed E-state index contributed by atoms with van der Waals surface area (Å²) in [5.41, 5.74) is 0. The summed E-state index contributed by atoms with van der Waals surface area (Å²) in [6.45, 7) is 2.63. The van der Waals surface area contributed by atoms with E-state index < -0.39 is 91.5 Å². The minimum atomic E-state index is -4.92. The molecular weight excluding hydrogens is 1270 g/mol. The Kier molecular flexibility index (Phi) is 69.6. The SMILES string of the molecule is CCCCC/C=C\C/C=C\C/C=C\C/C=C\CCCCCCCCCCCC(=O)OCC(O)COP(=O)(O)OCC(O)COP(=O)(O)OCC(COC(=O)CCCCCCCCCCC/C=C\C/C=C\C/C=C\C/C=C\CCCCC)OC(=O)CCCCCCCCCCCCC. The number of carbonyl (C=O) groups excluding carboxylic acids is 3. The normalized spacial score (nSPS) is 14.6. The predicted octanol–water partition coefficient (Wildman–Crippen LogP) is 22.2. The number of ether oxygens (including phenoxy) is 3. The molecule has 0 radical (unpaired) electrons. The van der Waals surface area contributed by atoms with E-state index >= 15 is 0 Å². The van der Waals surface area contributed by atoms with Gasteiger partial charge in [-0.2, -0.15) is 0 Å². The van der Waals surface area contributed by atoms with Crippen LogP contribution in [0.4, 0.5) is 0 Å². The van der Waals surface area contributed by atoms with E-state index in [1.165, 1.54) is 141 Å². The number of unbranched alkanes of at least 4 members (excludes halogenated alkanes) is 34. The van der Waals surface area contributed by atoms with Gasteiger partial charge in [-0.05, 0) is 109 Å². The van der Waals surface area contributed by atoms with E-state index in [-0.39, 0.29) is 19.3 Å². The third-order valence-electron chi connectivity index (χ3n) is 16.3. The number of hydrogen-bond donors (Lipinski definition) is 4. The van der Waals surface area contributed by atoms with Crippen LogP contribution in [0.1, 0.15) is 329 Å². The Bertz CT molecular complexity index is 2150. The van der Waals surface area contributed by atoms with Gasteiger partial charge in [0.1, 0.15) is 25.4 Å². The first kappa shape index (κ1) is 93.5. The monoisotopic (exact) mass is 1410 g/mol. The number of aliphatic hydroxyl groups is 2. The van der Waals surface area contributed by atoms with Crippen molar-refractivity contribution in [3.05, 3.63) is 97.2 Å². The third kappa shape index (κ3) is 73.5. The second-order valence-electron chi connectivity index (χ2n) is 25.8. The van der Waals surface area contributed by atoms with Crippen molar-refractivity contribution in [3.8, 4) is 0 Å². The second-order valence-corrected chi connectivity index (χ2v) is 28.7. The lowest BCUT2D eigenvalue weighted by Crippen LogP contribution is -2.30. The molecule has 0 aromatic heterocycles. The zero-order valence-corrected chi connectivity index (χ0v) is 63.0. The highest BCUT2D eigenvalue weighted by Crippen LogP contribution is 2.45. The average molecular weight is 1410 g/mol. The van der Waals surface area contributed by atoms with Crippen molar-refractivity contribution in [1.82, 2.24) is 0 Å². The van der Waals surface area contributed by atoms with Crippen LogP contribution in [0.5, 0.6) is 0 Å². The number of allylic oxidation sites excluding steroid dienone is 16. The molecule has 0 heterocycles. The summed E-state index contributed by atoms with van der Waals surface area (Å²) in [5.74, 6) is -1.58. The van der Waals surface area contributed by atoms with Crippen LogP contribution < -0.4 is 0 Å². The largest absolute Gasteiger partial charge is 0.472 e. The second kappa shape index (κ2) is 72.3. The Labute approximate surface area is 590 Å². The zero-order chi connectivity index (χ0) is 70.9. The van der Waals surface area contributed by atoms with Crippen LogP contribution in [0.3, 0.4) is 0 Å². The number of phosphoric acid groups is 2. The lowest BCUT2D eigenvalue weighted by Gasteiger charge is -2.21. The minimum absolute atomic E-state index is 0.106. The molecule has 0 aliphatic heterocycles. The maximum absolute atomic E-state index is 12.9. The molecule has 0 rings (SSSR count). The minimum Gasteiger partial charge on any atom is -0.463 e. The van der Waals surface area contributed by atoms with Gasteiger partial charge in [0, 0.05) is 19.3 Å². The van der Waals surface area contributed by atoms with Gasteiger partial charge < -0.3 is 34.2 Å². The van der Waals surface area contributed by atoms with E-state index in [1.807, 2.05) is 0 Å². The molecular formula is C79H140O16P2. The Balaban J connectivity index is 4.50. The first-order valence-electron chi connectivity index (χ1n) is 38.5. The van der Waals surface area contributed by atoms with Crippen molar-refractivity contribution in [2.45, 2.75) is 347 Å². The summed E-state index contributed by atoms with van der Waals surface area (Å²) in [6, 6.07) is 0. The molecule has 0 saturated heterocycles. The number of carbonyl (C=O) groups is 3. The van der Waals surface area contributed by atoms with E-state index in [2.05, 4.69) is 118 Å². The van der Waals surface area contributed by atoms with Crippen molar-refractivity contribution in [3.63, 3.8) is 0 Å². The molecule has 18 heteroatoms. The summed E-state index contributed by atoms with van der Waals surface area (Å²) in [5, 5.41) is 20.6. The molecule has 0 aliphatic carbocycles. The van der Waals surface area contributed by atoms with E-state index in [0.717, 1.165) is 128 Å². The number of rotatable bonds is 73. The standard InChI is InChI=1S/C79H140O16P2/c1-4-7-10-13-16-19-22-24-26-28-30-32-34-36-38-40-42-44-46-48-51-53-56-59-62-65-77(82)89-68-74(80)69-91-96(85,86)92-70-75(81)71-93-97(87,88)94-73-76(95-79(84)67-64-61-58-55-50-21-18-15-12-9-6-3)72-90-78(83)66-63-60-57-54-52-49-47-45-43-41-39-37-35-33-31-29-27-25-23-20-17-14-11-8-5-2/h16-17,19-20,24-27,30-33,36-39,74-76,80-81H,4-15,18,21-23,28-29,34-35,40-73H2,1-3H3,(H,85,86)(H,87,88)/b19-16-,20-17-,26-24-,27-25-,32-30-,33-31-,38-36-,39-37-. The van der Waals surface area contributed by atoms with Gasteiger partial charge >= 0.3 is 33.6 Å². The molecule has 0 aliphatic rings. The van der Waals surface area contributed by atoms with Gasteiger partial charge in [-0.25, -0.2) is 9.13 Å². The number of phosphoric ester groups is 2. The van der Waals surface area contributed by atoms with Crippen LogP contribution in [-0.4, -0.2) is 95.9 Å². The first-order valence-corrected chi connectivity index (χ1v) is 41.5. The van der Waals surface area contributed by atoms with E-state index in [1.54, 1.807) is 0 Å². The van der Waals surface area contributed by atoms with Gasteiger partial charge in [-0.1, -0.05) is 298 Å². The fraction of sp³-hybridized carbons (Fsp3) is 0.759. The van der Waals surface area contributed by atoms with Crippen molar-refractivity contribution >= 4 is 33.6 Å². The Morgan fingerprint density at radius 1 is 0.289 bits per heavy atom. The first-order chi connectivity index (χ1) is 47.2. The molecule has 0 fully saturated rings. The summed E-state index contributed by atoms with van der Waals surface area (Å²) >= 11 is 0. The molecule has 0 bridgehead atoms. The highest BCUT2D eigenvalue weighted by molar-refractivity contribution is 7.47. The van der Waals surface area contributed by atoms with Crippen LogP contribution >= 0.6 is 15.6 Å². The molecule has 97 heavy (non-hydrogen) atoms. The zero-order valence-electron chi connectivity index (χ0n) is 61.2. The Morgan fingerprint density at radius 2 is 0.515 bits per heavy atom. The molecule has 562 valence electrons. The van der Waals surface area contributed by atoms with Crippen molar-refractivity contribution in [1.29, 1.82) is 0 Å². The topological polar surface area (TPSA) is 231 Å². The molecule has 5 unspecified atom stereocenters. The molecule has 0 amide bonds. The lowest BCUT2D eigenvalue weighted by molar-refractivity contribution is -0.161. The third-order valence-corrected chi connectivity index (χ3v) is 18.2. The fourth-order valence-electron chi connectivity index (χ4n) is 10.4. The van der Waals surface area contributed by atoms with Crippen molar-refractivity contribution in [2.75, 3.05) is 39.6 Å². The van der Waals surface area contributed by atoms with Crippen LogP contribution in [0, 0.1) is 0 Å². The summed E-state index contributed by atoms with van der Waals surface area (Å²) < 4.78 is 61.0.